The molecule has 0 unspecified atom stereocenters. The van der Waals surface area contributed by atoms with Crippen molar-refractivity contribution >= 4 is 40.0 Å². The van der Waals surface area contributed by atoms with Crippen molar-refractivity contribution in [2.75, 3.05) is 33.4 Å². The predicted molar refractivity (Wildman–Crippen MR) is 132 cm³/mol. The number of methoxy groups -OCH3 is 1. The van der Waals surface area contributed by atoms with Crippen LogP contribution in [0.15, 0.2) is 58.4 Å². The molecule has 3 N–H and O–H groups in total. The topological polar surface area (TPSA) is 91.8 Å². The van der Waals surface area contributed by atoms with Gasteiger partial charge < -0.3 is 15.4 Å². The molecule has 0 aliphatic heterocycles. The van der Waals surface area contributed by atoms with Crippen molar-refractivity contribution < 1.29 is 17.5 Å². The van der Waals surface area contributed by atoms with Crippen LogP contribution in [0.25, 0.3) is 0 Å². The number of sulfonamides is 1. The summed E-state index contributed by atoms with van der Waals surface area (Å²) >= 11 is 0. The van der Waals surface area contributed by atoms with Gasteiger partial charge in [0.25, 0.3) is 0 Å². The van der Waals surface area contributed by atoms with E-state index in [1.807, 2.05) is 19.1 Å². The van der Waals surface area contributed by atoms with Crippen LogP contribution in [0.3, 0.4) is 0 Å². The highest BCUT2D eigenvalue weighted by atomic mass is 127. The van der Waals surface area contributed by atoms with E-state index in [1.165, 1.54) is 19.2 Å². The average molecular weight is 564 g/mol. The maximum Gasteiger partial charge on any atom is 0.240 e. The summed E-state index contributed by atoms with van der Waals surface area (Å²) in [5.74, 6) is 0.361. The van der Waals surface area contributed by atoms with E-state index in [0.717, 1.165) is 11.1 Å². The first-order chi connectivity index (χ1) is 14.4. The molecular weight excluding hydrogens is 534 g/mol. The van der Waals surface area contributed by atoms with Gasteiger partial charge in [0.15, 0.2) is 5.96 Å². The van der Waals surface area contributed by atoms with Crippen LogP contribution in [0.5, 0.6) is 0 Å². The Morgan fingerprint density at radius 1 is 1.06 bits per heavy atom. The zero-order valence-electron chi connectivity index (χ0n) is 17.7. The van der Waals surface area contributed by atoms with Crippen molar-refractivity contribution in [3.05, 3.63) is 65.5 Å². The summed E-state index contributed by atoms with van der Waals surface area (Å²) in [6, 6.07) is 13.2. The number of nitrogens with zero attached hydrogens (tertiary/aromatic N) is 1. The molecule has 0 aliphatic rings. The summed E-state index contributed by atoms with van der Waals surface area (Å²) in [7, 11) is -2.08. The Morgan fingerprint density at radius 3 is 2.52 bits per heavy atom. The van der Waals surface area contributed by atoms with E-state index in [4.69, 9.17) is 4.74 Å². The number of nitrogens with one attached hydrogen (secondary N) is 3. The summed E-state index contributed by atoms with van der Waals surface area (Å²) in [5, 5.41) is 6.36. The molecule has 10 heteroatoms. The number of benzene rings is 2. The minimum absolute atomic E-state index is 0. The first-order valence-corrected chi connectivity index (χ1v) is 11.3. The first-order valence-electron chi connectivity index (χ1n) is 9.78. The second-order valence-corrected chi connectivity index (χ2v) is 8.31. The Balaban J connectivity index is 0.00000480. The van der Waals surface area contributed by atoms with Crippen LogP contribution in [-0.4, -0.2) is 47.7 Å². The second-order valence-electron chi connectivity index (χ2n) is 6.54. The molecule has 0 fully saturated rings. The van der Waals surface area contributed by atoms with Crippen molar-refractivity contribution in [2.24, 2.45) is 4.99 Å². The number of guanidine groups is 1. The molecule has 0 radical (unpaired) electrons. The van der Waals surface area contributed by atoms with Gasteiger partial charge >= 0.3 is 0 Å². The number of hydrogen-bond donors (Lipinski definition) is 3. The predicted octanol–water partition coefficient (Wildman–Crippen LogP) is 2.67. The van der Waals surface area contributed by atoms with Crippen molar-refractivity contribution in [2.45, 2.75) is 24.8 Å². The average Bonchev–Trinajstić information content (AvgIpc) is 2.72. The molecule has 0 aromatic heterocycles. The number of rotatable bonds is 11. The zero-order valence-corrected chi connectivity index (χ0v) is 20.9. The molecule has 0 amide bonds. The lowest BCUT2D eigenvalue weighted by Crippen LogP contribution is -2.38. The van der Waals surface area contributed by atoms with E-state index >= 15 is 0 Å². The van der Waals surface area contributed by atoms with Crippen LogP contribution in [0.4, 0.5) is 4.39 Å². The molecule has 2 aromatic rings. The van der Waals surface area contributed by atoms with Crippen LogP contribution < -0.4 is 15.4 Å². The largest absolute Gasteiger partial charge is 0.383 e. The third-order valence-electron chi connectivity index (χ3n) is 4.17. The molecule has 0 heterocycles. The number of hydrogen-bond acceptors (Lipinski definition) is 4. The molecule has 2 aromatic carbocycles. The molecule has 7 nitrogen and oxygen atoms in total. The SMILES string of the molecule is CCNC(=NCc1cccc(S(=O)(=O)NCCOC)c1)NCCc1cccc(F)c1.I. The van der Waals surface area contributed by atoms with Crippen LogP contribution in [0.2, 0.25) is 0 Å². The van der Waals surface area contributed by atoms with Gasteiger partial charge in [-0.3, -0.25) is 0 Å². The smallest absolute Gasteiger partial charge is 0.240 e. The highest BCUT2D eigenvalue weighted by Gasteiger charge is 2.13. The first kappa shape index (κ1) is 27.3. The summed E-state index contributed by atoms with van der Waals surface area (Å²) in [6.45, 7) is 4.06. The number of ether oxygens (including phenoxy) is 1. The molecule has 0 atom stereocenters. The van der Waals surface area contributed by atoms with E-state index in [1.54, 1.807) is 24.3 Å². The minimum Gasteiger partial charge on any atom is -0.383 e. The molecule has 0 saturated carbocycles. The van der Waals surface area contributed by atoms with Gasteiger partial charge in [0, 0.05) is 26.7 Å². The number of aliphatic imine (C=N–C) groups is 1. The molecule has 0 bridgehead atoms. The van der Waals surface area contributed by atoms with Crippen molar-refractivity contribution in [1.29, 1.82) is 0 Å². The Hall–Kier alpha value is -1.76. The van der Waals surface area contributed by atoms with E-state index in [9.17, 15) is 12.8 Å². The monoisotopic (exact) mass is 564 g/mol. The molecule has 172 valence electrons. The van der Waals surface area contributed by atoms with Gasteiger partial charge in [-0.05, 0) is 48.7 Å². The summed E-state index contributed by atoms with van der Waals surface area (Å²) in [6.07, 6.45) is 0.656. The van der Waals surface area contributed by atoms with E-state index in [-0.39, 0.29) is 41.2 Å². The Kier molecular flexibility index (Phi) is 12.6. The van der Waals surface area contributed by atoms with Crippen LogP contribution >= 0.6 is 24.0 Å². The van der Waals surface area contributed by atoms with Gasteiger partial charge in [-0.25, -0.2) is 22.5 Å². The van der Waals surface area contributed by atoms with Gasteiger partial charge in [-0.15, -0.1) is 24.0 Å². The van der Waals surface area contributed by atoms with Crippen LogP contribution in [0.1, 0.15) is 18.1 Å². The van der Waals surface area contributed by atoms with Gasteiger partial charge in [0.1, 0.15) is 5.82 Å². The summed E-state index contributed by atoms with van der Waals surface area (Å²) in [4.78, 5) is 4.71. The maximum atomic E-state index is 13.3. The van der Waals surface area contributed by atoms with Crippen molar-refractivity contribution in [1.82, 2.24) is 15.4 Å². The summed E-state index contributed by atoms with van der Waals surface area (Å²) in [5.41, 5.74) is 1.67. The lowest BCUT2D eigenvalue weighted by atomic mass is 10.1. The molecule has 0 spiro atoms. The molecule has 2 rings (SSSR count). The van der Waals surface area contributed by atoms with Crippen LogP contribution in [0, 0.1) is 5.82 Å². The third-order valence-corrected chi connectivity index (χ3v) is 5.62. The standard InChI is InChI=1S/C21H29FN4O3S.HI/c1-3-23-21(24-11-10-17-6-4-8-19(22)14-17)25-16-18-7-5-9-20(15-18)30(27,28)26-12-13-29-2;/h4-9,14-15,26H,3,10-13,16H2,1-2H3,(H2,23,24,25);1H. The summed E-state index contributed by atoms with van der Waals surface area (Å²) < 4.78 is 45.3. The van der Waals surface area contributed by atoms with E-state index in [2.05, 4.69) is 20.3 Å². The Morgan fingerprint density at radius 2 is 1.81 bits per heavy atom. The quantitative estimate of drug-likeness (QED) is 0.169. The molecule has 0 aliphatic carbocycles. The molecular formula is C21H30FIN4O3S. The normalized spacial score (nSPS) is 11.6. The van der Waals surface area contributed by atoms with Crippen molar-refractivity contribution in [3.63, 3.8) is 0 Å². The maximum absolute atomic E-state index is 13.3. The highest BCUT2D eigenvalue weighted by Crippen LogP contribution is 2.12. The van der Waals surface area contributed by atoms with Gasteiger partial charge in [-0.2, -0.15) is 0 Å². The fourth-order valence-electron chi connectivity index (χ4n) is 2.70. The Labute approximate surface area is 201 Å². The fraction of sp³-hybridized carbons (Fsp3) is 0.381. The zero-order chi connectivity index (χ0) is 21.8. The van der Waals surface area contributed by atoms with E-state index in [0.29, 0.717) is 38.6 Å². The molecule has 0 saturated heterocycles. The highest BCUT2D eigenvalue weighted by molar-refractivity contribution is 14.0. The molecule has 31 heavy (non-hydrogen) atoms. The number of halogens is 2. The Bertz CT molecular complexity index is 942. The van der Waals surface area contributed by atoms with Crippen LogP contribution in [-0.2, 0) is 27.7 Å². The second kappa shape index (κ2) is 14.3. The third kappa shape index (κ3) is 9.93. The van der Waals surface area contributed by atoms with Crippen molar-refractivity contribution in [3.8, 4) is 0 Å². The van der Waals surface area contributed by atoms with Gasteiger partial charge in [0.05, 0.1) is 18.0 Å². The minimum atomic E-state index is -3.59. The van der Waals surface area contributed by atoms with Gasteiger partial charge in [-0.1, -0.05) is 24.3 Å². The van der Waals surface area contributed by atoms with E-state index < -0.39 is 10.0 Å². The van der Waals surface area contributed by atoms with Gasteiger partial charge in [0.2, 0.25) is 10.0 Å². The fourth-order valence-corrected chi connectivity index (χ4v) is 3.79. The lowest BCUT2D eigenvalue weighted by molar-refractivity contribution is 0.204. The lowest BCUT2D eigenvalue weighted by Gasteiger charge is -2.12.